The Morgan fingerprint density at radius 1 is 1.00 bits per heavy atom. The van der Waals surface area contributed by atoms with Gasteiger partial charge in [-0.3, -0.25) is 9.88 Å². The Hall–Kier alpha value is -3.03. The van der Waals surface area contributed by atoms with Crippen LogP contribution < -0.4 is 5.32 Å². The van der Waals surface area contributed by atoms with Crippen LogP contribution in [-0.2, 0) is 0 Å². The zero-order valence-electron chi connectivity index (χ0n) is 17.8. The number of fused-ring (bicyclic) bond motifs is 2. The summed E-state index contributed by atoms with van der Waals surface area (Å²) in [6.07, 6.45) is 8.11. The smallest absolute Gasteiger partial charge is 0.241 e. The van der Waals surface area contributed by atoms with Crippen LogP contribution in [0.4, 0.5) is 5.95 Å². The second kappa shape index (κ2) is 7.59. The van der Waals surface area contributed by atoms with E-state index in [0.29, 0.717) is 18.0 Å². The molecule has 6 rings (SSSR count). The van der Waals surface area contributed by atoms with Gasteiger partial charge in [0.25, 0.3) is 0 Å². The first-order chi connectivity index (χ1) is 15.2. The predicted octanol–water partition coefficient (Wildman–Crippen LogP) is 3.13. The second-order valence-corrected chi connectivity index (χ2v) is 8.86. The van der Waals surface area contributed by atoms with E-state index >= 15 is 0 Å². The molecular weight excluding hydrogens is 386 g/mol. The fourth-order valence-corrected chi connectivity index (χ4v) is 4.83. The van der Waals surface area contributed by atoms with Crippen molar-refractivity contribution in [2.75, 3.05) is 38.5 Å². The molecule has 3 aromatic heterocycles. The number of likely N-dealkylation sites (N-methyl/N-ethyl adjacent to an activating group) is 1. The van der Waals surface area contributed by atoms with E-state index in [2.05, 4.69) is 62.5 Å². The standard InChI is InChI=1S/C24H27N7/c1-29-9-11-30(12-10-29)20-14-19(15-20)27-24-26-16-23-21(6-8-31(23)28-24)17-4-5-22-18(13-17)3-2-7-25-22/h2-8,13,16,19-20H,9-12,14-15H2,1H3,(H,27,28)/t19-,20+. The van der Waals surface area contributed by atoms with Gasteiger partial charge >= 0.3 is 0 Å². The summed E-state index contributed by atoms with van der Waals surface area (Å²) in [5.41, 5.74) is 4.31. The van der Waals surface area contributed by atoms with Gasteiger partial charge in [-0.2, -0.15) is 0 Å². The van der Waals surface area contributed by atoms with Crippen molar-refractivity contribution in [1.29, 1.82) is 0 Å². The summed E-state index contributed by atoms with van der Waals surface area (Å²) in [5.74, 6) is 0.708. The highest BCUT2D eigenvalue weighted by Gasteiger charge is 2.35. The van der Waals surface area contributed by atoms with Crippen molar-refractivity contribution in [3.63, 3.8) is 0 Å². The van der Waals surface area contributed by atoms with Gasteiger partial charge in [-0.1, -0.05) is 12.1 Å². The fraction of sp³-hybridized carbons (Fsp3) is 0.375. The molecule has 0 spiro atoms. The largest absolute Gasteiger partial charge is 0.350 e. The van der Waals surface area contributed by atoms with Crippen molar-refractivity contribution in [3.8, 4) is 11.1 Å². The average molecular weight is 414 g/mol. The zero-order chi connectivity index (χ0) is 20.8. The molecule has 1 aromatic carbocycles. The number of anilines is 1. The number of nitrogens with zero attached hydrogens (tertiary/aromatic N) is 6. The minimum atomic E-state index is 0.463. The first-order valence-corrected chi connectivity index (χ1v) is 11.1. The molecule has 0 amide bonds. The summed E-state index contributed by atoms with van der Waals surface area (Å²) >= 11 is 0. The molecule has 1 N–H and O–H groups in total. The lowest BCUT2D eigenvalue weighted by atomic mass is 9.85. The SMILES string of the molecule is CN1CCN([C@H]2C[C@@H](Nc3ncc4c(-c5ccc6ncccc6c5)ccn4n3)C2)CC1. The lowest BCUT2D eigenvalue weighted by molar-refractivity contribution is 0.0656. The molecule has 0 radical (unpaired) electrons. The molecule has 1 saturated heterocycles. The topological polar surface area (TPSA) is 61.6 Å². The summed E-state index contributed by atoms with van der Waals surface area (Å²) in [6.45, 7) is 4.73. The third-order valence-electron chi connectivity index (χ3n) is 6.83. The highest BCUT2D eigenvalue weighted by atomic mass is 15.3. The molecular formula is C24H27N7. The molecule has 4 heterocycles. The van der Waals surface area contributed by atoms with Gasteiger partial charge in [0.2, 0.25) is 5.95 Å². The van der Waals surface area contributed by atoms with E-state index in [1.165, 1.54) is 39.0 Å². The Balaban J connectivity index is 1.16. The predicted molar refractivity (Wildman–Crippen MR) is 123 cm³/mol. The molecule has 4 aromatic rings. The van der Waals surface area contributed by atoms with Crippen LogP contribution in [0.5, 0.6) is 0 Å². The minimum Gasteiger partial charge on any atom is -0.350 e. The van der Waals surface area contributed by atoms with Crippen molar-refractivity contribution in [2.45, 2.75) is 24.9 Å². The molecule has 7 heteroatoms. The maximum Gasteiger partial charge on any atom is 0.241 e. The fourth-order valence-electron chi connectivity index (χ4n) is 4.83. The van der Waals surface area contributed by atoms with Gasteiger partial charge in [0.05, 0.1) is 17.2 Å². The van der Waals surface area contributed by atoms with Crippen molar-refractivity contribution < 1.29 is 0 Å². The van der Waals surface area contributed by atoms with E-state index in [1.807, 2.05) is 29.2 Å². The third-order valence-corrected chi connectivity index (χ3v) is 6.83. The van der Waals surface area contributed by atoms with Gasteiger partial charge in [-0.05, 0) is 49.7 Å². The van der Waals surface area contributed by atoms with E-state index < -0.39 is 0 Å². The van der Waals surface area contributed by atoms with Crippen LogP contribution in [0, 0.1) is 0 Å². The number of rotatable bonds is 4. The molecule has 1 aliphatic heterocycles. The Morgan fingerprint density at radius 2 is 1.87 bits per heavy atom. The number of aromatic nitrogens is 4. The summed E-state index contributed by atoms with van der Waals surface area (Å²) in [6, 6.07) is 13.7. The van der Waals surface area contributed by atoms with Gasteiger partial charge < -0.3 is 10.2 Å². The lowest BCUT2D eigenvalue weighted by Crippen LogP contribution is -2.55. The minimum absolute atomic E-state index is 0.463. The van der Waals surface area contributed by atoms with Crippen LogP contribution in [0.2, 0.25) is 0 Å². The number of piperazine rings is 1. The van der Waals surface area contributed by atoms with Gasteiger partial charge in [0.1, 0.15) is 0 Å². The van der Waals surface area contributed by atoms with Gasteiger partial charge in [-0.25, -0.2) is 9.50 Å². The normalized spacial score (nSPS) is 22.6. The van der Waals surface area contributed by atoms with Crippen LogP contribution >= 0.6 is 0 Å². The molecule has 0 bridgehead atoms. The molecule has 2 fully saturated rings. The van der Waals surface area contributed by atoms with Crippen LogP contribution in [-0.4, -0.2) is 74.7 Å². The van der Waals surface area contributed by atoms with Gasteiger partial charge in [0, 0.05) is 61.6 Å². The van der Waals surface area contributed by atoms with Crippen molar-refractivity contribution in [2.24, 2.45) is 0 Å². The van der Waals surface area contributed by atoms with E-state index in [0.717, 1.165) is 27.5 Å². The van der Waals surface area contributed by atoms with Crippen molar-refractivity contribution in [1.82, 2.24) is 29.4 Å². The van der Waals surface area contributed by atoms with E-state index in [-0.39, 0.29) is 0 Å². The van der Waals surface area contributed by atoms with Crippen molar-refractivity contribution >= 4 is 22.4 Å². The quantitative estimate of drug-likeness (QED) is 0.555. The number of nitrogens with one attached hydrogen (secondary N) is 1. The Morgan fingerprint density at radius 3 is 2.74 bits per heavy atom. The maximum absolute atomic E-state index is 4.71. The third kappa shape index (κ3) is 3.54. The molecule has 7 nitrogen and oxygen atoms in total. The highest BCUT2D eigenvalue weighted by molar-refractivity contribution is 5.88. The second-order valence-electron chi connectivity index (χ2n) is 8.86. The van der Waals surface area contributed by atoms with E-state index in [4.69, 9.17) is 5.10 Å². The molecule has 31 heavy (non-hydrogen) atoms. The maximum atomic E-state index is 4.71. The number of pyridine rings is 1. The summed E-state index contributed by atoms with van der Waals surface area (Å²) in [4.78, 5) is 14.1. The summed E-state index contributed by atoms with van der Waals surface area (Å²) < 4.78 is 1.93. The average Bonchev–Trinajstić information content (AvgIpc) is 3.20. The number of hydrogen-bond donors (Lipinski definition) is 1. The number of hydrogen-bond acceptors (Lipinski definition) is 6. The lowest BCUT2D eigenvalue weighted by Gasteiger charge is -2.46. The first kappa shape index (κ1) is 18.7. The van der Waals surface area contributed by atoms with Gasteiger partial charge in [0.15, 0.2) is 0 Å². The first-order valence-electron chi connectivity index (χ1n) is 11.1. The number of benzene rings is 1. The zero-order valence-corrected chi connectivity index (χ0v) is 17.8. The van der Waals surface area contributed by atoms with Crippen LogP contribution in [0.3, 0.4) is 0 Å². The van der Waals surface area contributed by atoms with Gasteiger partial charge in [-0.15, -0.1) is 5.10 Å². The molecule has 158 valence electrons. The van der Waals surface area contributed by atoms with Crippen LogP contribution in [0.1, 0.15) is 12.8 Å². The molecule has 1 saturated carbocycles. The Kier molecular flexibility index (Phi) is 4.58. The van der Waals surface area contributed by atoms with Crippen LogP contribution in [0.25, 0.3) is 27.5 Å². The monoisotopic (exact) mass is 413 g/mol. The van der Waals surface area contributed by atoms with E-state index in [9.17, 15) is 0 Å². The summed E-state index contributed by atoms with van der Waals surface area (Å²) in [5, 5.41) is 9.39. The molecule has 2 aliphatic rings. The van der Waals surface area contributed by atoms with E-state index in [1.54, 1.807) is 0 Å². The van der Waals surface area contributed by atoms with Crippen LogP contribution in [0.15, 0.2) is 55.0 Å². The highest BCUT2D eigenvalue weighted by Crippen LogP contribution is 2.30. The molecule has 0 unspecified atom stereocenters. The summed E-state index contributed by atoms with van der Waals surface area (Å²) in [7, 11) is 2.21. The van der Waals surface area contributed by atoms with Crippen molar-refractivity contribution in [3.05, 3.63) is 55.0 Å². The Bertz CT molecular complexity index is 1220. The molecule has 0 atom stereocenters. The Labute approximate surface area is 181 Å². The molecule has 1 aliphatic carbocycles.